The fourth-order valence-corrected chi connectivity index (χ4v) is 1.93. The molecule has 0 radical (unpaired) electrons. The largest absolute Gasteiger partial charge is 0.416 e. The molecule has 0 saturated heterocycles. The van der Waals surface area contributed by atoms with Crippen molar-refractivity contribution in [3.8, 4) is 11.3 Å². The van der Waals surface area contributed by atoms with Gasteiger partial charge in [-0.05, 0) is 18.2 Å². The van der Waals surface area contributed by atoms with Gasteiger partial charge < -0.3 is 5.73 Å². The van der Waals surface area contributed by atoms with Crippen LogP contribution in [-0.2, 0) is 6.18 Å². The average Bonchev–Trinajstić information content (AvgIpc) is 2.76. The van der Waals surface area contributed by atoms with Crippen molar-refractivity contribution >= 4 is 11.3 Å². The Hall–Kier alpha value is -2.57. The zero-order chi connectivity index (χ0) is 14.3. The molecule has 0 fully saturated rings. The van der Waals surface area contributed by atoms with E-state index in [4.69, 9.17) is 5.73 Å². The third-order valence-electron chi connectivity index (χ3n) is 2.92. The Kier molecular flexibility index (Phi) is 2.63. The van der Waals surface area contributed by atoms with E-state index in [1.165, 1.54) is 16.6 Å². The van der Waals surface area contributed by atoms with Crippen molar-refractivity contribution in [2.24, 2.45) is 0 Å². The van der Waals surface area contributed by atoms with Crippen molar-refractivity contribution < 1.29 is 13.2 Å². The van der Waals surface area contributed by atoms with E-state index in [1.54, 1.807) is 18.5 Å². The molecule has 0 unspecified atom stereocenters. The quantitative estimate of drug-likeness (QED) is 0.744. The maximum atomic E-state index is 12.5. The first-order chi connectivity index (χ1) is 9.47. The molecule has 4 nitrogen and oxygen atoms in total. The van der Waals surface area contributed by atoms with Crippen LogP contribution in [0.5, 0.6) is 0 Å². The maximum Gasteiger partial charge on any atom is 0.416 e. The Labute approximate surface area is 111 Å². The fourth-order valence-electron chi connectivity index (χ4n) is 1.93. The van der Waals surface area contributed by atoms with Gasteiger partial charge >= 0.3 is 6.18 Å². The van der Waals surface area contributed by atoms with Gasteiger partial charge in [-0.2, -0.15) is 18.3 Å². The number of hydrogen-bond acceptors (Lipinski definition) is 3. The highest BCUT2D eigenvalue weighted by Gasteiger charge is 2.30. The summed E-state index contributed by atoms with van der Waals surface area (Å²) in [6.45, 7) is 0. The smallest absolute Gasteiger partial charge is 0.394 e. The first-order valence-corrected chi connectivity index (χ1v) is 5.73. The van der Waals surface area contributed by atoms with Crippen LogP contribution in [0.25, 0.3) is 16.9 Å². The minimum absolute atomic E-state index is 0.338. The Morgan fingerprint density at radius 3 is 2.40 bits per heavy atom. The third-order valence-corrected chi connectivity index (χ3v) is 2.92. The maximum absolute atomic E-state index is 12.5. The summed E-state index contributed by atoms with van der Waals surface area (Å²) in [7, 11) is 0. The number of halogens is 3. The molecule has 2 heterocycles. The molecular formula is C13H9F3N4. The van der Waals surface area contributed by atoms with Gasteiger partial charge in [0.15, 0.2) is 5.65 Å². The normalized spacial score (nSPS) is 11.9. The van der Waals surface area contributed by atoms with Crippen LogP contribution in [0.1, 0.15) is 5.56 Å². The summed E-state index contributed by atoms with van der Waals surface area (Å²) in [4.78, 5) is 4.08. The van der Waals surface area contributed by atoms with E-state index in [0.29, 0.717) is 22.6 Å². The second-order valence-corrected chi connectivity index (χ2v) is 4.23. The van der Waals surface area contributed by atoms with Crippen LogP contribution in [-0.4, -0.2) is 14.6 Å². The molecule has 0 aliphatic rings. The number of nitrogen functional groups attached to an aromatic ring is 1. The van der Waals surface area contributed by atoms with E-state index in [1.807, 2.05) is 0 Å². The predicted molar refractivity (Wildman–Crippen MR) is 67.8 cm³/mol. The van der Waals surface area contributed by atoms with Gasteiger partial charge in [-0.25, -0.2) is 9.50 Å². The second-order valence-electron chi connectivity index (χ2n) is 4.23. The molecule has 0 saturated carbocycles. The van der Waals surface area contributed by atoms with Gasteiger partial charge in [-0.3, -0.25) is 0 Å². The van der Waals surface area contributed by atoms with E-state index >= 15 is 0 Å². The highest BCUT2D eigenvalue weighted by Crippen LogP contribution is 2.32. The topological polar surface area (TPSA) is 56.2 Å². The standard InChI is InChI=1S/C13H9F3N4/c14-13(15,16)9-4-2-8(3-5-9)11-10(17)12-18-6-1-7-20(12)19-11/h1-7H,17H2. The average molecular weight is 278 g/mol. The van der Waals surface area contributed by atoms with Gasteiger partial charge in [-0.15, -0.1) is 0 Å². The number of nitrogens with two attached hydrogens (primary N) is 1. The highest BCUT2D eigenvalue weighted by molar-refractivity contribution is 5.82. The number of rotatable bonds is 1. The Morgan fingerprint density at radius 2 is 1.80 bits per heavy atom. The molecule has 1 aromatic carbocycles. The number of nitrogens with zero attached hydrogens (tertiary/aromatic N) is 3. The van der Waals surface area contributed by atoms with E-state index in [0.717, 1.165) is 12.1 Å². The molecule has 102 valence electrons. The van der Waals surface area contributed by atoms with E-state index < -0.39 is 11.7 Å². The van der Waals surface area contributed by atoms with Gasteiger partial charge in [-0.1, -0.05) is 12.1 Å². The molecule has 0 atom stereocenters. The van der Waals surface area contributed by atoms with Crippen molar-refractivity contribution in [1.29, 1.82) is 0 Å². The predicted octanol–water partition coefficient (Wildman–Crippen LogP) is 3.00. The van der Waals surface area contributed by atoms with Crippen LogP contribution in [0, 0.1) is 0 Å². The van der Waals surface area contributed by atoms with Crippen LogP contribution in [0.15, 0.2) is 42.7 Å². The highest BCUT2D eigenvalue weighted by atomic mass is 19.4. The number of anilines is 1. The van der Waals surface area contributed by atoms with Crippen molar-refractivity contribution in [3.05, 3.63) is 48.3 Å². The summed E-state index contributed by atoms with van der Waals surface area (Å²) in [6.07, 6.45) is -1.11. The monoisotopic (exact) mass is 278 g/mol. The zero-order valence-corrected chi connectivity index (χ0v) is 10.1. The van der Waals surface area contributed by atoms with Crippen LogP contribution in [0.2, 0.25) is 0 Å². The Bertz CT molecular complexity index is 759. The minimum Gasteiger partial charge on any atom is -0.394 e. The minimum atomic E-state index is -4.36. The lowest BCUT2D eigenvalue weighted by atomic mass is 10.1. The number of benzene rings is 1. The number of fused-ring (bicyclic) bond motifs is 1. The second kappa shape index (κ2) is 4.22. The summed E-state index contributed by atoms with van der Waals surface area (Å²) in [6, 6.07) is 6.40. The molecule has 3 rings (SSSR count). The molecule has 3 aromatic rings. The van der Waals surface area contributed by atoms with Gasteiger partial charge in [0.2, 0.25) is 0 Å². The summed E-state index contributed by atoms with van der Waals surface area (Å²) < 4.78 is 39.0. The van der Waals surface area contributed by atoms with E-state index in [2.05, 4.69) is 10.1 Å². The van der Waals surface area contributed by atoms with Gasteiger partial charge in [0.1, 0.15) is 11.4 Å². The Morgan fingerprint density at radius 1 is 1.10 bits per heavy atom. The van der Waals surface area contributed by atoms with Gasteiger partial charge in [0, 0.05) is 18.0 Å². The first kappa shape index (κ1) is 12.5. The number of aromatic nitrogens is 3. The first-order valence-electron chi connectivity index (χ1n) is 5.73. The summed E-state index contributed by atoms with van der Waals surface area (Å²) in [5, 5.41) is 4.22. The van der Waals surface area contributed by atoms with Crippen molar-refractivity contribution in [3.63, 3.8) is 0 Å². The molecule has 0 amide bonds. The molecule has 7 heteroatoms. The molecular weight excluding hydrogens is 269 g/mol. The zero-order valence-electron chi connectivity index (χ0n) is 10.1. The van der Waals surface area contributed by atoms with E-state index in [9.17, 15) is 13.2 Å². The van der Waals surface area contributed by atoms with Crippen LogP contribution < -0.4 is 5.73 Å². The van der Waals surface area contributed by atoms with Gasteiger partial charge in [0.05, 0.1) is 5.56 Å². The molecule has 0 bridgehead atoms. The summed E-state index contributed by atoms with van der Waals surface area (Å²) in [5.41, 5.74) is 6.96. The molecule has 20 heavy (non-hydrogen) atoms. The third kappa shape index (κ3) is 1.97. The lowest BCUT2D eigenvalue weighted by molar-refractivity contribution is -0.137. The molecule has 0 aliphatic heterocycles. The lowest BCUT2D eigenvalue weighted by Gasteiger charge is -2.06. The van der Waals surface area contributed by atoms with Crippen LogP contribution >= 0.6 is 0 Å². The molecule has 0 spiro atoms. The fraction of sp³-hybridized carbons (Fsp3) is 0.0769. The molecule has 2 N–H and O–H groups in total. The van der Waals surface area contributed by atoms with Crippen LogP contribution in [0.4, 0.5) is 18.9 Å². The SMILES string of the molecule is Nc1c(-c2ccc(C(F)(F)F)cc2)nn2cccnc12. The summed E-state index contributed by atoms with van der Waals surface area (Å²) in [5.74, 6) is 0. The van der Waals surface area contributed by atoms with Gasteiger partial charge in [0.25, 0.3) is 0 Å². The number of alkyl halides is 3. The van der Waals surface area contributed by atoms with Crippen molar-refractivity contribution in [1.82, 2.24) is 14.6 Å². The van der Waals surface area contributed by atoms with Crippen molar-refractivity contribution in [2.45, 2.75) is 6.18 Å². The summed E-state index contributed by atoms with van der Waals surface area (Å²) >= 11 is 0. The number of hydrogen-bond donors (Lipinski definition) is 1. The molecule has 0 aliphatic carbocycles. The lowest BCUT2D eigenvalue weighted by Crippen LogP contribution is -2.04. The van der Waals surface area contributed by atoms with Crippen LogP contribution in [0.3, 0.4) is 0 Å². The molecule has 2 aromatic heterocycles. The van der Waals surface area contributed by atoms with E-state index in [-0.39, 0.29) is 0 Å². The Balaban J connectivity index is 2.09. The van der Waals surface area contributed by atoms with Crippen molar-refractivity contribution in [2.75, 3.05) is 5.73 Å².